The molecule has 2 N–H and O–H groups in total. The van der Waals surface area contributed by atoms with Gasteiger partial charge < -0.3 is 15.2 Å². The predicted octanol–water partition coefficient (Wildman–Crippen LogP) is 4.02. The predicted molar refractivity (Wildman–Crippen MR) is 117 cm³/mol. The summed E-state index contributed by atoms with van der Waals surface area (Å²) in [4.78, 5) is 35.5. The molecule has 0 heterocycles. The Kier molecular flexibility index (Phi) is 6.95. The lowest BCUT2D eigenvalue weighted by Crippen LogP contribution is -2.43. The number of carbonyl (C=O) groups is 3. The third-order valence-electron chi connectivity index (χ3n) is 5.25. The monoisotopic (exact) mass is 425 g/mol. The number of ether oxygens (including phenoxy) is 1. The third kappa shape index (κ3) is 4.74. The summed E-state index contributed by atoms with van der Waals surface area (Å²) in [7, 11) is 0. The van der Waals surface area contributed by atoms with Crippen molar-refractivity contribution < 1.29 is 24.2 Å². The number of nitrogens with one attached hydrogen (secondary N) is 1. The first-order valence-corrected chi connectivity index (χ1v) is 10.0. The minimum atomic E-state index is -1.26. The van der Waals surface area contributed by atoms with Gasteiger partial charge in [-0.3, -0.25) is 4.79 Å². The standard InChI is InChI=1S/C23H23NO5S/c1-2-7-14(22(27)30)12-20(21(25)26)24-23(28)29-13-19-17-10-5-3-8-15(17)16-9-4-6-11-18(16)19/h2-6,8-11,14,19-20H,1,7,12-13H2,(H,24,28)(H,25,26)(H,27,30)/t14-,20-/m0/s1. The molecule has 1 aliphatic rings. The number of hydrogen-bond donors (Lipinski definition) is 3. The van der Waals surface area contributed by atoms with Crippen LogP contribution in [-0.4, -0.2) is 34.9 Å². The fourth-order valence-electron chi connectivity index (χ4n) is 3.79. The highest BCUT2D eigenvalue weighted by Crippen LogP contribution is 2.44. The zero-order chi connectivity index (χ0) is 21.7. The molecule has 2 aromatic rings. The summed E-state index contributed by atoms with van der Waals surface area (Å²) in [6.07, 6.45) is 0.866. The smallest absolute Gasteiger partial charge is 0.407 e. The maximum atomic E-state index is 12.3. The van der Waals surface area contributed by atoms with Crippen molar-refractivity contribution in [2.45, 2.75) is 24.8 Å². The Morgan fingerprint density at radius 1 is 1.10 bits per heavy atom. The number of fused-ring (bicyclic) bond motifs is 3. The summed E-state index contributed by atoms with van der Waals surface area (Å²) in [5.41, 5.74) is 4.33. The van der Waals surface area contributed by atoms with E-state index >= 15 is 0 Å². The molecule has 7 heteroatoms. The molecule has 0 bridgehead atoms. The maximum absolute atomic E-state index is 12.3. The van der Waals surface area contributed by atoms with Crippen molar-refractivity contribution >= 4 is 29.8 Å². The van der Waals surface area contributed by atoms with Crippen LogP contribution in [0, 0.1) is 5.92 Å². The van der Waals surface area contributed by atoms with Crippen LogP contribution in [0.15, 0.2) is 61.2 Å². The van der Waals surface area contributed by atoms with Gasteiger partial charge in [-0.25, -0.2) is 9.59 Å². The highest BCUT2D eigenvalue weighted by atomic mass is 32.1. The molecule has 156 valence electrons. The summed E-state index contributed by atoms with van der Waals surface area (Å²) in [6.45, 7) is 3.64. The number of hydrogen-bond acceptors (Lipinski definition) is 4. The lowest BCUT2D eigenvalue weighted by atomic mass is 9.97. The zero-order valence-electron chi connectivity index (χ0n) is 16.3. The largest absolute Gasteiger partial charge is 0.480 e. The van der Waals surface area contributed by atoms with E-state index in [1.807, 2.05) is 48.5 Å². The molecule has 6 nitrogen and oxygen atoms in total. The molecule has 1 aliphatic carbocycles. The van der Waals surface area contributed by atoms with E-state index in [9.17, 15) is 19.5 Å². The number of aliphatic carboxylic acids is 1. The second-order valence-electron chi connectivity index (χ2n) is 7.16. The Bertz CT molecular complexity index is 928. The van der Waals surface area contributed by atoms with Gasteiger partial charge in [0.05, 0.1) is 0 Å². The number of amides is 1. The first-order valence-electron chi connectivity index (χ1n) is 9.60. The molecular formula is C23H23NO5S. The summed E-state index contributed by atoms with van der Waals surface area (Å²) in [5, 5.41) is 11.3. The number of benzene rings is 2. The van der Waals surface area contributed by atoms with Crippen LogP contribution in [0.4, 0.5) is 4.79 Å². The molecule has 0 fully saturated rings. The highest BCUT2D eigenvalue weighted by Gasteiger charge is 2.30. The van der Waals surface area contributed by atoms with Crippen LogP contribution in [0.25, 0.3) is 11.1 Å². The van der Waals surface area contributed by atoms with E-state index in [-0.39, 0.29) is 25.4 Å². The summed E-state index contributed by atoms with van der Waals surface area (Å²) < 4.78 is 5.38. The Labute approximate surface area is 180 Å². The Hall–Kier alpha value is -3.06. The molecule has 2 atom stereocenters. The van der Waals surface area contributed by atoms with Crippen molar-refractivity contribution in [2.24, 2.45) is 5.92 Å². The molecule has 30 heavy (non-hydrogen) atoms. The Morgan fingerprint density at radius 3 is 2.17 bits per heavy atom. The van der Waals surface area contributed by atoms with E-state index in [1.165, 1.54) is 6.08 Å². The fourth-order valence-corrected chi connectivity index (χ4v) is 4.00. The molecule has 3 rings (SSSR count). The van der Waals surface area contributed by atoms with Gasteiger partial charge in [-0.05, 0) is 35.1 Å². The van der Waals surface area contributed by atoms with E-state index in [1.54, 1.807) is 0 Å². The van der Waals surface area contributed by atoms with Gasteiger partial charge in [0.1, 0.15) is 12.6 Å². The van der Waals surface area contributed by atoms with Crippen molar-refractivity contribution in [1.29, 1.82) is 0 Å². The van der Waals surface area contributed by atoms with E-state index in [2.05, 4.69) is 24.5 Å². The van der Waals surface area contributed by atoms with Gasteiger partial charge in [0, 0.05) is 11.8 Å². The van der Waals surface area contributed by atoms with Gasteiger partial charge in [0.15, 0.2) is 5.12 Å². The molecular weight excluding hydrogens is 402 g/mol. The molecule has 0 saturated heterocycles. The quantitative estimate of drug-likeness (QED) is 0.417. The van der Waals surface area contributed by atoms with Crippen LogP contribution in [-0.2, 0) is 14.3 Å². The third-order valence-corrected chi connectivity index (χ3v) is 5.62. The van der Waals surface area contributed by atoms with Crippen molar-refractivity contribution in [2.75, 3.05) is 6.61 Å². The van der Waals surface area contributed by atoms with Crippen LogP contribution in [0.1, 0.15) is 29.9 Å². The van der Waals surface area contributed by atoms with Crippen LogP contribution >= 0.6 is 12.6 Å². The molecule has 0 aromatic heterocycles. The van der Waals surface area contributed by atoms with Crippen LogP contribution in [0.2, 0.25) is 0 Å². The molecule has 1 amide bonds. The van der Waals surface area contributed by atoms with Crippen molar-refractivity contribution in [1.82, 2.24) is 5.32 Å². The minimum absolute atomic E-state index is 0.0772. The second kappa shape index (κ2) is 9.63. The number of carbonyl (C=O) groups excluding carboxylic acids is 2. The number of carboxylic acids is 1. The van der Waals surface area contributed by atoms with Gasteiger partial charge in [-0.1, -0.05) is 54.6 Å². The first kappa shape index (κ1) is 21.6. The molecule has 0 radical (unpaired) electrons. The van der Waals surface area contributed by atoms with Gasteiger partial charge in [0.2, 0.25) is 0 Å². The first-order chi connectivity index (χ1) is 14.4. The Balaban J connectivity index is 1.67. The molecule has 0 unspecified atom stereocenters. The molecule has 0 saturated carbocycles. The molecule has 0 aliphatic heterocycles. The minimum Gasteiger partial charge on any atom is -0.480 e. The van der Waals surface area contributed by atoms with Gasteiger partial charge in [-0.2, -0.15) is 0 Å². The number of alkyl carbamates (subject to hydrolysis) is 1. The fraction of sp³-hybridized carbons (Fsp3) is 0.261. The number of allylic oxidation sites excluding steroid dienone is 1. The van der Waals surface area contributed by atoms with E-state index in [0.29, 0.717) is 0 Å². The number of carboxylic acid groups (broad SMARTS) is 1. The highest BCUT2D eigenvalue weighted by molar-refractivity contribution is 7.96. The molecule has 0 spiro atoms. The number of thiol groups is 1. The van der Waals surface area contributed by atoms with E-state index < -0.39 is 29.1 Å². The maximum Gasteiger partial charge on any atom is 0.407 e. The van der Waals surface area contributed by atoms with E-state index in [0.717, 1.165) is 22.3 Å². The summed E-state index contributed by atoms with van der Waals surface area (Å²) in [6, 6.07) is 14.6. The second-order valence-corrected chi connectivity index (χ2v) is 7.60. The molecule has 2 aromatic carbocycles. The topological polar surface area (TPSA) is 92.7 Å². The van der Waals surface area contributed by atoms with Gasteiger partial charge in [-0.15, -0.1) is 19.2 Å². The van der Waals surface area contributed by atoms with Crippen LogP contribution in [0.5, 0.6) is 0 Å². The number of rotatable bonds is 9. The van der Waals surface area contributed by atoms with Gasteiger partial charge >= 0.3 is 12.1 Å². The lowest BCUT2D eigenvalue weighted by molar-refractivity contribution is -0.139. The summed E-state index contributed by atoms with van der Waals surface area (Å²) in [5.74, 6) is -2.02. The van der Waals surface area contributed by atoms with Crippen LogP contribution < -0.4 is 5.32 Å². The average Bonchev–Trinajstić information content (AvgIpc) is 3.05. The van der Waals surface area contributed by atoms with Crippen molar-refractivity contribution in [3.63, 3.8) is 0 Å². The SMILES string of the molecule is C=CC[C@@H](C[C@H](NC(=O)OCC1c2ccccc2-c2ccccc21)C(=O)O)C(=O)S. The Morgan fingerprint density at radius 2 is 1.67 bits per heavy atom. The zero-order valence-corrected chi connectivity index (χ0v) is 17.2. The van der Waals surface area contributed by atoms with E-state index in [4.69, 9.17) is 4.74 Å². The lowest BCUT2D eigenvalue weighted by Gasteiger charge is -2.20. The summed E-state index contributed by atoms with van der Waals surface area (Å²) >= 11 is 3.79. The van der Waals surface area contributed by atoms with Crippen molar-refractivity contribution in [3.05, 3.63) is 72.3 Å². The van der Waals surface area contributed by atoms with Gasteiger partial charge in [0.25, 0.3) is 0 Å². The normalized spacial score (nSPS) is 14.2. The average molecular weight is 426 g/mol. The van der Waals surface area contributed by atoms with Crippen LogP contribution in [0.3, 0.4) is 0 Å². The van der Waals surface area contributed by atoms with Crippen molar-refractivity contribution in [3.8, 4) is 11.1 Å².